The number of allylic oxidation sites excluding steroid dienone is 3. The van der Waals surface area contributed by atoms with Gasteiger partial charge in [0.2, 0.25) is 0 Å². The highest BCUT2D eigenvalue weighted by Gasteiger charge is 2.07. The quantitative estimate of drug-likeness (QED) is 0.645. The van der Waals surface area contributed by atoms with E-state index in [-0.39, 0.29) is 0 Å². The van der Waals surface area contributed by atoms with Gasteiger partial charge in [-0.05, 0) is 25.5 Å². The normalized spacial score (nSPS) is 13.9. The van der Waals surface area contributed by atoms with Crippen LogP contribution >= 0.6 is 0 Å². The lowest BCUT2D eigenvalue weighted by molar-refractivity contribution is 0.442. The fourth-order valence-electron chi connectivity index (χ4n) is 1.32. The number of hydrogen-bond donors (Lipinski definition) is 0. The molecule has 15 heavy (non-hydrogen) atoms. The minimum atomic E-state index is 0.517. The molecular formula is C14H20O. The van der Waals surface area contributed by atoms with E-state index < -0.39 is 0 Å². The van der Waals surface area contributed by atoms with Gasteiger partial charge in [0.15, 0.2) is 0 Å². The minimum Gasteiger partial charge on any atom is -0.465 e. The predicted molar refractivity (Wildman–Crippen MR) is 65.1 cm³/mol. The highest BCUT2D eigenvalue weighted by atomic mass is 16.3. The van der Waals surface area contributed by atoms with Crippen LogP contribution in [0.5, 0.6) is 0 Å². The highest BCUT2D eigenvalue weighted by Crippen LogP contribution is 2.21. The van der Waals surface area contributed by atoms with Crippen LogP contribution in [0.2, 0.25) is 0 Å². The molecule has 1 rings (SSSR count). The fraction of sp³-hybridized carbons (Fsp3) is 0.429. The molecule has 1 heterocycles. The molecule has 0 amide bonds. The molecule has 1 atom stereocenters. The molecule has 1 nitrogen and oxygen atoms in total. The molecule has 0 fully saturated rings. The monoisotopic (exact) mass is 204 g/mol. The molecule has 1 heteroatoms. The molecule has 0 aliphatic rings. The fourth-order valence-corrected chi connectivity index (χ4v) is 1.32. The summed E-state index contributed by atoms with van der Waals surface area (Å²) in [6.07, 6.45) is 5.97. The Bertz CT molecular complexity index is 344. The molecule has 0 aliphatic carbocycles. The van der Waals surface area contributed by atoms with Gasteiger partial charge < -0.3 is 4.42 Å². The van der Waals surface area contributed by atoms with Crippen molar-refractivity contribution < 1.29 is 4.42 Å². The predicted octanol–water partition coefficient (Wildman–Crippen LogP) is 4.47. The Morgan fingerprint density at radius 2 is 2.27 bits per heavy atom. The lowest BCUT2D eigenvalue weighted by atomic mass is 10.1. The average molecular weight is 204 g/mol. The maximum Gasteiger partial charge on any atom is 0.107 e. The third-order valence-corrected chi connectivity index (χ3v) is 2.73. The van der Waals surface area contributed by atoms with Gasteiger partial charge in [-0.1, -0.05) is 38.2 Å². The minimum absolute atomic E-state index is 0.517. The zero-order chi connectivity index (χ0) is 11.3. The van der Waals surface area contributed by atoms with E-state index in [1.807, 2.05) is 13.0 Å². The van der Waals surface area contributed by atoms with Gasteiger partial charge in [0, 0.05) is 12.3 Å². The van der Waals surface area contributed by atoms with Crippen LogP contribution in [-0.2, 0) is 6.42 Å². The van der Waals surface area contributed by atoms with Crippen molar-refractivity contribution in [3.05, 3.63) is 48.0 Å². The zero-order valence-corrected chi connectivity index (χ0v) is 9.92. The Balaban J connectivity index is 2.64. The van der Waals surface area contributed by atoms with Crippen molar-refractivity contribution in [1.82, 2.24) is 0 Å². The first-order valence-corrected chi connectivity index (χ1v) is 5.55. The van der Waals surface area contributed by atoms with Gasteiger partial charge in [-0.2, -0.15) is 0 Å². The van der Waals surface area contributed by atoms with Gasteiger partial charge in [0.25, 0.3) is 0 Å². The molecule has 0 saturated carbocycles. The van der Waals surface area contributed by atoms with Crippen LogP contribution in [0.1, 0.15) is 44.6 Å². The maximum atomic E-state index is 5.75. The first-order valence-electron chi connectivity index (χ1n) is 5.55. The third-order valence-electron chi connectivity index (χ3n) is 2.73. The lowest BCUT2D eigenvalue weighted by Crippen LogP contribution is -1.87. The van der Waals surface area contributed by atoms with Gasteiger partial charge in [-0.3, -0.25) is 0 Å². The molecule has 0 spiro atoms. The van der Waals surface area contributed by atoms with Crippen molar-refractivity contribution in [2.75, 3.05) is 0 Å². The molecule has 0 aromatic carbocycles. The van der Waals surface area contributed by atoms with Crippen LogP contribution < -0.4 is 0 Å². The topological polar surface area (TPSA) is 13.1 Å². The Kier molecular flexibility index (Phi) is 4.41. The number of furan rings is 1. The second-order valence-corrected chi connectivity index (χ2v) is 3.97. The summed E-state index contributed by atoms with van der Waals surface area (Å²) in [4.78, 5) is 0. The second kappa shape index (κ2) is 5.59. The summed E-state index contributed by atoms with van der Waals surface area (Å²) in [5.74, 6) is 2.65. The molecule has 1 unspecified atom stereocenters. The molecule has 0 saturated heterocycles. The zero-order valence-electron chi connectivity index (χ0n) is 9.92. The van der Waals surface area contributed by atoms with E-state index in [4.69, 9.17) is 4.42 Å². The summed E-state index contributed by atoms with van der Waals surface area (Å²) < 4.78 is 5.75. The van der Waals surface area contributed by atoms with Crippen molar-refractivity contribution in [2.24, 2.45) is 0 Å². The summed E-state index contributed by atoms with van der Waals surface area (Å²) in [5.41, 5.74) is 1.19. The molecule has 0 aliphatic heterocycles. The van der Waals surface area contributed by atoms with Gasteiger partial charge in [0.1, 0.15) is 11.5 Å². The molecule has 0 N–H and O–H groups in total. The first-order chi connectivity index (χ1) is 7.17. The third kappa shape index (κ3) is 3.43. The van der Waals surface area contributed by atoms with Crippen LogP contribution in [0.15, 0.2) is 40.9 Å². The van der Waals surface area contributed by atoms with Crippen LogP contribution in [0.25, 0.3) is 0 Å². The van der Waals surface area contributed by atoms with Gasteiger partial charge in [-0.15, -0.1) is 0 Å². The SMILES string of the molecule is C=C/C(C)=C/Cc1ccc(C(C)CC)o1. The molecule has 0 radical (unpaired) electrons. The standard InChI is InChI=1S/C14H20O/c1-5-11(3)7-8-13-9-10-14(15-13)12(4)6-2/h5,7,9-10,12H,1,6,8H2,2-4H3/b11-7+. The van der Waals surface area contributed by atoms with E-state index in [0.29, 0.717) is 5.92 Å². The molecule has 0 bridgehead atoms. The maximum absolute atomic E-state index is 5.75. The average Bonchev–Trinajstić information content (AvgIpc) is 2.73. The van der Waals surface area contributed by atoms with E-state index in [0.717, 1.165) is 24.4 Å². The van der Waals surface area contributed by atoms with Crippen molar-refractivity contribution >= 4 is 0 Å². The smallest absolute Gasteiger partial charge is 0.107 e. The first kappa shape index (κ1) is 11.8. The number of rotatable bonds is 5. The summed E-state index contributed by atoms with van der Waals surface area (Å²) in [5, 5.41) is 0. The Hall–Kier alpha value is -1.24. The number of hydrogen-bond acceptors (Lipinski definition) is 1. The van der Waals surface area contributed by atoms with Crippen LogP contribution in [0.4, 0.5) is 0 Å². The van der Waals surface area contributed by atoms with Crippen LogP contribution in [-0.4, -0.2) is 0 Å². The van der Waals surface area contributed by atoms with Gasteiger partial charge in [-0.25, -0.2) is 0 Å². The van der Waals surface area contributed by atoms with Gasteiger partial charge >= 0.3 is 0 Å². The lowest BCUT2D eigenvalue weighted by Gasteiger charge is -2.02. The van der Waals surface area contributed by atoms with Crippen molar-refractivity contribution in [3.8, 4) is 0 Å². The summed E-state index contributed by atoms with van der Waals surface area (Å²) in [6, 6.07) is 4.15. The summed E-state index contributed by atoms with van der Waals surface area (Å²) in [7, 11) is 0. The summed E-state index contributed by atoms with van der Waals surface area (Å²) in [6.45, 7) is 10.1. The van der Waals surface area contributed by atoms with Crippen molar-refractivity contribution in [3.63, 3.8) is 0 Å². The molecular weight excluding hydrogens is 184 g/mol. The van der Waals surface area contributed by atoms with Crippen LogP contribution in [0.3, 0.4) is 0 Å². The van der Waals surface area contributed by atoms with E-state index >= 15 is 0 Å². The summed E-state index contributed by atoms with van der Waals surface area (Å²) >= 11 is 0. The van der Waals surface area contributed by atoms with E-state index in [1.165, 1.54) is 5.57 Å². The van der Waals surface area contributed by atoms with E-state index in [1.54, 1.807) is 0 Å². The Morgan fingerprint density at radius 3 is 2.87 bits per heavy atom. The van der Waals surface area contributed by atoms with Gasteiger partial charge in [0.05, 0.1) is 0 Å². The Labute approximate surface area is 92.5 Å². The van der Waals surface area contributed by atoms with Crippen LogP contribution in [0, 0.1) is 0 Å². The molecule has 1 aromatic rings. The molecule has 1 aromatic heterocycles. The van der Waals surface area contributed by atoms with Crippen molar-refractivity contribution in [2.45, 2.75) is 39.5 Å². The van der Waals surface area contributed by atoms with E-state index in [9.17, 15) is 0 Å². The van der Waals surface area contributed by atoms with Crippen molar-refractivity contribution in [1.29, 1.82) is 0 Å². The highest BCUT2D eigenvalue weighted by molar-refractivity contribution is 5.18. The largest absolute Gasteiger partial charge is 0.465 e. The molecule has 82 valence electrons. The van der Waals surface area contributed by atoms with E-state index in [2.05, 4.69) is 38.6 Å². The second-order valence-electron chi connectivity index (χ2n) is 3.97. The Morgan fingerprint density at radius 1 is 1.53 bits per heavy atom.